The molecule has 0 aromatic heterocycles. The summed E-state index contributed by atoms with van der Waals surface area (Å²) >= 11 is 1.98. The van der Waals surface area contributed by atoms with Crippen LogP contribution in [0.25, 0.3) is 0 Å². The number of likely N-dealkylation sites (N-methyl/N-ethyl adjacent to an activating group) is 1. The van der Waals surface area contributed by atoms with Crippen LogP contribution in [0.1, 0.15) is 27.2 Å². The Bertz CT molecular complexity index is 219. The predicted molar refractivity (Wildman–Crippen MR) is 66.2 cm³/mol. The summed E-state index contributed by atoms with van der Waals surface area (Å²) < 4.78 is 0. The molecule has 1 rings (SSSR count). The Kier molecular flexibility index (Phi) is 4.93. The first kappa shape index (κ1) is 12.8. The van der Waals surface area contributed by atoms with Gasteiger partial charge in [0.25, 0.3) is 0 Å². The van der Waals surface area contributed by atoms with Gasteiger partial charge in [-0.1, -0.05) is 13.8 Å². The van der Waals surface area contributed by atoms with Gasteiger partial charge in [0, 0.05) is 18.3 Å². The fourth-order valence-corrected chi connectivity index (χ4v) is 3.20. The van der Waals surface area contributed by atoms with E-state index in [2.05, 4.69) is 24.5 Å². The molecule has 1 saturated heterocycles. The molecule has 4 heteroatoms. The second kappa shape index (κ2) is 5.75. The Hall–Kier alpha value is -0.220. The standard InChI is InChI=1S/C11H22N2OS/c1-4-12-10(14)6-13-9-5-11(2,3)8-15-7-9/h9,13H,4-8H2,1-3H3,(H,12,14). The Labute approximate surface area is 96.8 Å². The maximum atomic E-state index is 11.3. The number of hydrogen-bond acceptors (Lipinski definition) is 3. The van der Waals surface area contributed by atoms with E-state index in [9.17, 15) is 4.79 Å². The van der Waals surface area contributed by atoms with Crippen molar-refractivity contribution < 1.29 is 4.79 Å². The molecule has 0 spiro atoms. The van der Waals surface area contributed by atoms with E-state index >= 15 is 0 Å². The molecule has 1 atom stereocenters. The lowest BCUT2D eigenvalue weighted by molar-refractivity contribution is -0.120. The normalized spacial score (nSPS) is 24.9. The van der Waals surface area contributed by atoms with Gasteiger partial charge in [-0.25, -0.2) is 0 Å². The molecule has 0 bridgehead atoms. The van der Waals surface area contributed by atoms with Gasteiger partial charge >= 0.3 is 0 Å². The van der Waals surface area contributed by atoms with Crippen LogP contribution in [-0.4, -0.2) is 36.5 Å². The van der Waals surface area contributed by atoms with Gasteiger partial charge < -0.3 is 10.6 Å². The lowest BCUT2D eigenvalue weighted by Gasteiger charge is -2.35. The van der Waals surface area contributed by atoms with Gasteiger partial charge in [-0.2, -0.15) is 11.8 Å². The summed E-state index contributed by atoms with van der Waals surface area (Å²) in [5.41, 5.74) is 0.405. The Morgan fingerprint density at radius 3 is 2.87 bits per heavy atom. The van der Waals surface area contributed by atoms with Crippen LogP contribution in [0.5, 0.6) is 0 Å². The first-order chi connectivity index (χ1) is 7.03. The van der Waals surface area contributed by atoms with Gasteiger partial charge in [-0.3, -0.25) is 4.79 Å². The maximum absolute atomic E-state index is 11.3. The zero-order valence-electron chi connectivity index (χ0n) is 9.93. The summed E-state index contributed by atoms with van der Waals surface area (Å²) in [6.45, 7) is 7.69. The van der Waals surface area contributed by atoms with Crippen LogP contribution < -0.4 is 10.6 Å². The summed E-state index contributed by atoms with van der Waals surface area (Å²) in [7, 11) is 0. The zero-order valence-corrected chi connectivity index (χ0v) is 10.7. The molecule has 1 heterocycles. The van der Waals surface area contributed by atoms with E-state index in [4.69, 9.17) is 0 Å². The largest absolute Gasteiger partial charge is 0.355 e. The molecule has 0 saturated carbocycles. The summed E-state index contributed by atoms with van der Waals surface area (Å²) in [4.78, 5) is 11.3. The fraction of sp³-hybridized carbons (Fsp3) is 0.909. The van der Waals surface area contributed by atoms with Crippen molar-refractivity contribution in [3.63, 3.8) is 0 Å². The van der Waals surface area contributed by atoms with Crippen LogP contribution >= 0.6 is 11.8 Å². The lowest BCUT2D eigenvalue weighted by Crippen LogP contribution is -2.44. The third-order valence-corrected chi connectivity index (χ3v) is 4.16. The topological polar surface area (TPSA) is 41.1 Å². The molecule has 15 heavy (non-hydrogen) atoms. The number of carbonyl (C=O) groups excluding carboxylic acids is 1. The van der Waals surface area contributed by atoms with Crippen LogP contribution in [0.15, 0.2) is 0 Å². The molecule has 0 aromatic rings. The summed E-state index contributed by atoms with van der Waals surface area (Å²) in [5, 5.41) is 6.13. The number of carbonyl (C=O) groups is 1. The molecule has 88 valence electrons. The fourth-order valence-electron chi connectivity index (χ4n) is 1.89. The first-order valence-electron chi connectivity index (χ1n) is 5.61. The van der Waals surface area contributed by atoms with Crippen molar-refractivity contribution in [3.8, 4) is 0 Å². The molecule has 0 aliphatic carbocycles. The summed E-state index contributed by atoms with van der Waals surface area (Å²) in [6, 6.07) is 0.487. The third-order valence-electron chi connectivity index (χ3n) is 2.54. The molecular weight excluding hydrogens is 208 g/mol. The average Bonchev–Trinajstić information content (AvgIpc) is 2.14. The highest BCUT2D eigenvalue weighted by Crippen LogP contribution is 2.33. The number of hydrogen-bond donors (Lipinski definition) is 2. The summed E-state index contributed by atoms with van der Waals surface area (Å²) in [5.74, 6) is 2.46. The number of nitrogens with one attached hydrogen (secondary N) is 2. The van der Waals surface area contributed by atoms with Gasteiger partial charge in [0.2, 0.25) is 5.91 Å². The first-order valence-corrected chi connectivity index (χ1v) is 6.77. The van der Waals surface area contributed by atoms with Gasteiger partial charge in [0.15, 0.2) is 0 Å². The smallest absolute Gasteiger partial charge is 0.233 e. The van der Waals surface area contributed by atoms with E-state index in [1.54, 1.807) is 0 Å². The van der Waals surface area contributed by atoms with E-state index < -0.39 is 0 Å². The van der Waals surface area contributed by atoms with Gasteiger partial charge in [-0.15, -0.1) is 0 Å². The Morgan fingerprint density at radius 2 is 2.27 bits per heavy atom. The van der Waals surface area contributed by atoms with Crippen molar-refractivity contribution in [2.24, 2.45) is 5.41 Å². The quantitative estimate of drug-likeness (QED) is 0.763. The van der Waals surface area contributed by atoms with Crippen LogP contribution in [-0.2, 0) is 4.79 Å². The van der Waals surface area contributed by atoms with Crippen molar-refractivity contribution in [1.29, 1.82) is 0 Å². The van der Waals surface area contributed by atoms with Gasteiger partial charge in [-0.05, 0) is 24.5 Å². The molecule has 1 aliphatic heterocycles. The molecule has 0 aromatic carbocycles. The molecular formula is C11H22N2OS. The van der Waals surface area contributed by atoms with Crippen molar-refractivity contribution in [2.45, 2.75) is 33.2 Å². The Balaban J connectivity index is 2.24. The highest BCUT2D eigenvalue weighted by atomic mass is 32.2. The minimum absolute atomic E-state index is 0.103. The third kappa shape index (κ3) is 4.89. The minimum Gasteiger partial charge on any atom is -0.355 e. The minimum atomic E-state index is 0.103. The van der Waals surface area contributed by atoms with Crippen molar-refractivity contribution in [3.05, 3.63) is 0 Å². The molecule has 1 fully saturated rings. The molecule has 2 N–H and O–H groups in total. The van der Waals surface area contributed by atoms with Crippen molar-refractivity contribution in [1.82, 2.24) is 10.6 Å². The van der Waals surface area contributed by atoms with Gasteiger partial charge in [0.05, 0.1) is 6.54 Å². The molecule has 1 aliphatic rings. The van der Waals surface area contributed by atoms with E-state index in [1.807, 2.05) is 18.7 Å². The summed E-state index contributed by atoms with van der Waals surface area (Å²) in [6.07, 6.45) is 1.17. The molecule has 1 amide bonds. The van der Waals surface area contributed by atoms with E-state index in [0.29, 0.717) is 24.5 Å². The highest BCUT2D eigenvalue weighted by Gasteiger charge is 2.28. The van der Waals surface area contributed by atoms with E-state index in [1.165, 1.54) is 12.2 Å². The number of thioether (sulfide) groups is 1. The van der Waals surface area contributed by atoms with Crippen molar-refractivity contribution in [2.75, 3.05) is 24.6 Å². The van der Waals surface area contributed by atoms with E-state index in [-0.39, 0.29) is 5.91 Å². The second-order valence-electron chi connectivity index (χ2n) is 4.91. The lowest BCUT2D eigenvalue weighted by atomic mass is 9.88. The second-order valence-corrected chi connectivity index (χ2v) is 5.95. The van der Waals surface area contributed by atoms with Crippen LogP contribution in [0, 0.1) is 5.41 Å². The number of amides is 1. The van der Waals surface area contributed by atoms with E-state index in [0.717, 1.165) is 5.75 Å². The van der Waals surface area contributed by atoms with Gasteiger partial charge in [0.1, 0.15) is 0 Å². The molecule has 0 radical (unpaired) electrons. The number of rotatable bonds is 4. The van der Waals surface area contributed by atoms with Crippen LogP contribution in [0.2, 0.25) is 0 Å². The predicted octanol–water partition coefficient (Wildman–Crippen LogP) is 1.24. The van der Waals surface area contributed by atoms with Crippen LogP contribution in [0.4, 0.5) is 0 Å². The van der Waals surface area contributed by atoms with Crippen molar-refractivity contribution >= 4 is 17.7 Å². The average molecular weight is 230 g/mol. The van der Waals surface area contributed by atoms with Crippen LogP contribution in [0.3, 0.4) is 0 Å². The highest BCUT2D eigenvalue weighted by molar-refractivity contribution is 7.99. The molecule has 1 unspecified atom stereocenters. The zero-order chi connectivity index (χ0) is 11.3. The Morgan fingerprint density at radius 1 is 1.53 bits per heavy atom. The monoisotopic (exact) mass is 230 g/mol. The molecule has 3 nitrogen and oxygen atoms in total. The maximum Gasteiger partial charge on any atom is 0.233 e. The SMILES string of the molecule is CCNC(=O)CNC1CSCC(C)(C)C1.